The number of carbonyl (C=O) groups is 1. The van der Waals surface area contributed by atoms with Gasteiger partial charge in [-0.3, -0.25) is 19.5 Å². The third-order valence-electron chi connectivity index (χ3n) is 6.58. The highest BCUT2D eigenvalue weighted by atomic mass is 19.3. The van der Waals surface area contributed by atoms with Crippen LogP contribution in [-0.2, 0) is 13.0 Å². The second-order valence-electron chi connectivity index (χ2n) is 9.17. The average molecular weight is 483 g/mol. The number of fused-ring (bicyclic) bond motifs is 1. The topological polar surface area (TPSA) is 94.2 Å². The van der Waals surface area contributed by atoms with Gasteiger partial charge in [0.15, 0.2) is 0 Å². The summed E-state index contributed by atoms with van der Waals surface area (Å²) in [5.74, 6) is -0.401. The Bertz CT molecular complexity index is 1300. The van der Waals surface area contributed by atoms with Gasteiger partial charge in [-0.25, -0.2) is 13.8 Å². The van der Waals surface area contributed by atoms with Gasteiger partial charge in [-0.1, -0.05) is 6.92 Å². The Labute approximate surface area is 201 Å². The van der Waals surface area contributed by atoms with Gasteiger partial charge in [0.1, 0.15) is 11.4 Å². The molecule has 184 valence electrons. The average Bonchev–Trinajstić information content (AvgIpc) is 3.67. The molecule has 35 heavy (non-hydrogen) atoms. The van der Waals surface area contributed by atoms with E-state index < -0.39 is 12.3 Å². The van der Waals surface area contributed by atoms with Crippen molar-refractivity contribution in [1.82, 2.24) is 25.2 Å². The van der Waals surface area contributed by atoms with Crippen molar-refractivity contribution in [3.63, 3.8) is 0 Å². The summed E-state index contributed by atoms with van der Waals surface area (Å²) in [5.41, 5.74) is 3.12. The van der Waals surface area contributed by atoms with E-state index in [-0.39, 0.29) is 23.0 Å². The molecular weight excluding hydrogens is 454 g/mol. The summed E-state index contributed by atoms with van der Waals surface area (Å²) >= 11 is 0. The van der Waals surface area contributed by atoms with E-state index in [1.54, 1.807) is 6.07 Å². The monoisotopic (exact) mass is 482 g/mol. The molecule has 3 aromatic rings. The number of alkyl halides is 2. The lowest BCUT2D eigenvalue weighted by atomic mass is 10.1. The minimum absolute atomic E-state index is 0.0301. The van der Waals surface area contributed by atoms with Crippen molar-refractivity contribution < 1.29 is 13.6 Å². The number of carbonyl (C=O) groups excluding carboxylic acids is 1. The Balaban J connectivity index is 1.25. The van der Waals surface area contributed by atoms with E-state index >= 15 is 0 Å². The number of amides is 1. The highest BCUT2D eigenvalue weighted by molar-refractivity contribution is 5.93. The zero-order chi connectivity index (χ0) is 24.5. The lowest BCUT2D eigenvalue weighted by Gasteiger charge is -2.36. The maximum atomic E-state index is 13.8. The Morgan fingerprint density at radius 3 is 2.66 bits per heavy atom. The van der Waals surface area contributed by atoms with Crippen LogP contribution in [0.4, 0.5) is 14.5 Å². The van der Waals surface area contributed by atoms with E-state index in [0.717, 1.165) is 23.9 Å². The van der Waals surface area contributed by atoms with Crippen molar-refractivity contribution in [3.05, 3.63) is 63.3 Å². The molecule has 0 aromatic carbocycles. The predicted molar refractivity (Wildman–Crippen MR) is 129 cm³/mol. The number of pyridine rings is 3. The first-order chi connectivity index (χ1) is 16.9. The lowest BCUT2D eigenvalue weighted by molar-refractivity contribution is 0.0944. The van der Waals surface area contributed by atoms with E-state index in [1.165, 1.54) is 6.07 Å². The fraction of sp³-hybridized carbons (Fsp3) is 0.440. The molecule has 3 aromatic heterocycles. The number of H-pyrrole nitrogens is 1. The Morgan fingerprint density at radius 1 is 1.20 bits per heavy atom. The minimum atomic E-state index is -2.77. The van der Waals surface area contributed by atoms with Crippen molar-refractivity contribution in [2.24, 2.45) is 0 Å². The fourth-order valence-electron chi connectivity index (χ4n) is 4.43. The van der Waals surface area contributed by atoms with Crippen LogP contribution in [0.2, 0.25) is 0 Å². The Kier molecular flexibility index (Phi) is 6.46. The van der Waals surface area contributed by atoms with Crippen LogP contribution < -0.4 is 15.8 Å². The van der Waals surface area contributed by atoms with Gasteiger partial charge in [-0.15, -0.1) is 0 Å². The summed E-state index contributed by atoms with van der Waals surface area (Å²) in [6.45, 7) is 5.06. The number of halogens is 2. The fourth-order valence-corrected chi connectivity index (χ4v) is 4.43. The van der Waals surface area contributed by atoms with Crippen LogP contribution in [-0.4, -0.2) is 58.0 Å². The molecule has 2 N–H and O–H groups in total. The number of aromatic nitrogens is 3. The molecule has 1 aliphatic heterocycles. The van der Waals surface area contributed by atoms with Gasteiger partial charge in [0, 0.05) is 50.5 Å². The van der Waals surface area contributed by atoms with E-state index in [4.69, 9.17) is 0 Å². The second kappa shape index (κ2) is 9.69. The molecular formula is C25H28F2N6O2. The number of aryl methyl sites for hydroxylation is 1. The van der Waals surface area contributed by atoms with Crippen LogP contribution >= 0.6 is 0 Å². The number of aromatic amines is 1. The third-order valence-corrected chi connectivity index (χ3v) is 6.58. The smallest absolute Gasteiger partial charge is 0.282 e. The predicted octanol–water partition coefficient (Wildman–Crippen LogP) is 3.03. The summed E-state index contributed by atoms with van der Waals surface area (Å²) in [5, 5.41) is 2.79. The molecule has 0 spiro atoms. The van der Waals surface area contributed by atoms with Crippen LogP contribution in [0.5, 0.6) is 0 Å². The van der Waals surface area contributed by atoms with Crippen molar-refractivity contribution in [1.29, 1.82) is 0 Å². The molecule has 5 rings (SSSR count). The minimum Gasteiger partial charge on any atom is -0.367 e. The molecule has 0 atom stereocenters. The molecule has 2 aliphatic rings. The maximum Gasteiger partial charge on any atom is 0.282 e. The SMILES string of the molecule is CCc1cc2ncc(CN3CCN(c4ccc(C(=O)NC5CC5)nc4C(F)F)CC3)cc2[nH]c1=O. The highest BCUT2D eigenvalue weighted by Crippen LogP contribution is 2.30. The standard InChI is InChI=1S/C25H28F2N6O2/c1-2-16-12-19-20(31-24(16)34)11-15(13-28-19)14-32-7-9-33(10-8-32)21-6-5-18(30-22(21)23(26)27)25(35)29-17-3-4-17/h5-6,11-13,17,23H,2-4,7-10,14H2,1H3,(H,29,35)(H,31,34). The molecule has 4 heterocycles. The molecule has 0 bridgehead atoms. The molecule has 0 unspecified atom stereocenters. The number of nitrogens with one attached hydrogen (secondary N) is 2. The molecule has 0 radical (unpaired) electrons. The summed E-state index contributed by atoms with van der Waals surface area (Å²) < 4.78 is 27.6. The van der Waals surface area contributed by atoms with Gasteiger partial charge in [0.2, 0.25) is 0 Å². The van der Waals surface area contributed by atoms with Crippen molar-refractivity contribution in [2.45, 2.75) is 45.2 Å². The first-order valence-corrected chi connectivity index (χ1v) is 12.0. The van der Waals surface area contributed by atoms with Gasteiger partial charge in [-0.2, -0.15) is 0 Å². The first kappa shape index (κ1) is 23.3. The van der Waals surface area contributed by atoms with Crippen molar-refractivity contribution in [2.75, 3.05) is 31.1 Å². The van der Waals surface area contributed by atoms with Gasteiger partial charge in [-0.05, 0) is 49.1 Å². The number of rotatable bonds is 7. The van der Waals surface area contributed by atoms with E-state index in [1.807, 2.05) is 30.2 Å². The largest absolute Gasteiger partial charge is 0.367 e. The van der Waals surface area contributed by atoms with E-state index in [9.17, 15) is 18.4 Å². The second-order valence-corrected chi connectivity index (χ2v) is 9.17. The zero-order valence-electron chi connectivity index (χ0n) is 19.6. The molecule has 1 aliphatic carbocycles. The van der Waals surface area contributed by atoms with E-state index in [2.05, 4.69) is 25.2 Å². The third kappa shape index (κ3) is 5.17. The highest BCUT2D eigenvalue weighted by Gasteiger charge is 2.27. The van der Waals surface area contributed by atoms with Crippen LogP contribution in [0.25, 0.3) is 11.0 Å². The van der Waals surface area contributed by atoms with Gasteiger partial charge >= 0.3 is 0 Å². The van der Waals surface area contributed by atoms with Crippen molar-refractivity contribution >= 4 is 22.6 Å². The van der Waals surface area contributed by atoms with Gasteiger partial charge in [0.25, 0.3) is 17.9 Å². The molecule has 2 fully saturated rings. The van der Waals surface area contributed by atoms with E-state index in [0.29, 0.717) is 55.9 Å². The van der Waals surface area contributed by atoms with Gasteiger partial charge < -0.3 is 15.2 Å². The van der Waals surface area contributed by atoms with Crippen LogP contribution in [0.15, 0.2) is 35.3 Å². The number of piperazine rings is 1. The van der Waals surface area contributed by atoms with Crippen LogP contribution in [0.1, 0.15) is 53.5 Å². The Morgan fingerprint density at radius 2 is 1.97 bits per heavy atom. The lowest BCUT2D eigenvalue weighted by Crippen LogP contribution is -2.46. The molecule has 1 saturated heterocycles. The van der Waals surface area contributed by atoms with Crippen LogP contribution in [0, 0.1) is 0 Å². The zero-order valence-corrected chi connectivity index (χ0v) is 19.6. The summed E-state index contributed by atoms with van der Waals surface area (Å²) in [6, 6.07) is 7.02. The van der Waals surface area contributed by atoms with Gasteiger partial charge in [0.05, 0.1) is 16.7 Å². The quantitative estimate of drug-likeness (QED) is 0.538. The molecule has 1 amide bonds. The maximum absolute atomic E-state index is 13.8. The molecule has 1 saturated carbocycles. The number of hydrogen-bond acceptors (Lipinski definition) is 6. The first-order valence-electron chi connectivity index (χ1n) is 12.0. The van der Waals surface area contributed by atoms with Crippen LogP contribution in [0.3, 0.4) is 0 Å². The molecule has 10 heteroatoms. The van der Waals surface area contributed by atoms with Crippen molar-refractivity contribution in [3.8, 4) is 0 Å². The number of anilines is 1. The number of nitrogens with zero attached hydrogens (tertiary/aromatic N) is 4. The molecule has 8 nitrogen and oxygen atoms in total. The number of hydrogen-bond donors (Lipinski definition) is 2. The summed E-state index contributed by atoms with van der Waals surface area (Å²) in [7, 11) is 0. The Hall–Kier alpha value is -3.40. The summed E-state index contributed by atoms with van der Waals surface area (Å²) in [6.07, 6.45) is 1.54. The summed E-state index contributed by atoms with van der Waals surface area (Å²) in [4.78, 5) is 39.9. The normalized spacial score (nSPS) is 16.7.